The number of benzene rings is 1. The van der Waals surface area contributed by atoms with Crippen LogP contribution in [-0.2, 0) is 19.3 Å². The molecule has 0 atom stereocenters. The first-order valence-electron chi connectivity index (χ1n) is 10.6. The highest BCUT2D eigenvalue weighted by Gasteiger charge is 2.23. The molecule has 4 rings (SSSR count). The van der Waals surface area contributed by atoms with Gasteiger partial charge in [0.25, 0.3) is 0 Å². The van der Waals surface area contributed by atoms with Gasteiger partial charge in [0.15, 0.2) is 0 Å². The fourth-order valence-corrected chi connectivity index (χ4v) is 4.74. The Balaban J connectivity index is 1.58. The van der Waals surface area contributed by atoms with Crippen molar-refractivity contribution >= 4 is 11.6 Å². The molecule has 1 aromatic heterocycles. The van der Waals surface area contributed by atoms with Crippen LogP contribution in [0, 0.1) is 5.92 Å². The molecule has 1 fully saturated rings. The van der Waals surface area contributed by atoms with E-state index < -0.39 is 0 Å². The number of aryl methyl sites for hydroxylation is 1. The predicted octanol–water partition coefficient (Wildman–Crippen LogP) is 5.34. The standard InChI is InChI=1S/C23H30ClN3/c1-2-22-25-21-13-15-27(16-17-6-4-3-5-7-17)14-12-20(21)23(26-22)18-8-10-19(24)11-9-18/h8-11,17H,2-7,12-16H2,1H3. The molecule has 2 heterocycles. The number of hydrogen-bond donors (Lipinski definition) is 0. The minimum absolute atomic E-state index is 0.772. The molecule has 0 amide bonds. The van der Waals surface area contributed by atoms with Gasteiger partial charge in [0.2, 0.25) is 0 Å². The van der Waals surface area contributed by atoms with Gasteiger partial charge < -0.3 is 4.90 Å². The molecule has 2 aromatic rings. The Morgan fingerprint density at radius 2 is 1.74 bits per heavy atom. The van der Waals surface area contributed by atoms with Gasteiger partial charge in [0, 0.05) is 54.3 Å². The van der Waals surface area contributed by atoms with Crippen LogP contribution in [0.4, 0.5) is 0 Å². The number of nitrogens with zero attached hydrogens (tertiary/aromatic N) is 3. The third-order valence-electron chi connectivity index (χ3n) is 6.16. The third-order valence-corrected chi connectivity index (χ3v) is 6.41. The molecule has 0 N–H and O–H groups in total. The van der Waals surface area contributed by atoms with Crippen LogP contribution in [0.25, 0.3) is 11.3 Å². The van der Waals surface area contributed by atoms with E-state index in [4.69, 9.17) is 21.6 Å². The molecule has 0 radical (unpaired) electrons. The summed E-state index contributed by atoms with van der Waals surface area (Å²) >= 11 is 6.10. The molecule has 144 valence electrons. The highest BCUT2D eigenvalue weighted by atomic mass is 35.5. The second-order valence-electron chi connectivity index (χ2n) is 8.08. The zero-order valence-electron chi connectivity index (χ0n) is 16.4. The molecule has 1 saturated carbocycles. The van der Waals surface area contributed by atoms with Crippen molar-refractivity contribution in [2.45, 2.75) is 58.3 Å². The zero-order chi connectivity index (χ0) is 18.6. The number of halogens is 1. The van der Waals surface area contributed by atoms with Crippen LogP contribution in [0.2, 0.25) is 5.02 Å². The van der Waals surface area contributed by atoms with E-state index in [1.165, 1.54) is 49.9 Å². The van der Waals surface area contributed by atoms with Gasteiger partial charge in [-0.05, 0) is 37.3 Å². The maximum Gasteiger partial charge on any atom is 0.129 e. The van der Waals surface area contributed by atoms with Crippen molar-refractivity contribution in [3.63, 3.8) is 0 Å². The van der Waals surface area contributed by atoms with E-state index in [2.05, 4.69) is 24.0 Å². The smallest absolute Gasteiger partial charge is 0.129 e. The average molecular weight is 384 g/mol. The Morgan fingerprint density at radius 1 is 1.00 bits per heavy atom. The van der Waals surface area contributed by atoms with Crippen LogP contribution >= 0.6 is 11.6 Å². The molecular weight excluding hydrogens is 354 g/mol. The van der Waals surface area contributed by atoms with Gasteiger partial charge in [0.1, 0.15) is 5.82 Å². The Bertz CT molecular complexity index is 766. The van der Waals surface area contributed by atoms with Gasteiger partial charge in [-0.3, -0.25) is 0 Å². The third kappa shape index (κ3) is 4.52. The minimum Gasteiger partial charge on any atom is -0.302 e. The van der Waals surface area contributed by atoms with Crippen molar-refractivity contribution in [3.05, 3.63) is 46.4 Å². The number of hydrogen-bond acceptors (Lipinski definition) is 3. The first kappa shape index (κ1) is 18.9. The van der Waals surface area contributed by atoms with Crippen LogP contribution < -0.4 is 0 Å². The lowest BCUT2D eigenvalue weighted by atomic mass is 9.89. The summed E-state index contributed by atoms with van der Waals surface area (Å²) in [6, 6.07) is 8.11. The Hall–Kier alpha value is -1.45. The fraction of sp³-hybridized carbons (Fsp3) is 0.565. The number of aromatic nitrogens is 2. The SMILES string of the molecule is CCc1nc2c(c(-c3ccc(Cl)cc3)n1)CCN(CC1CCCCC1)CC2. The van der Waals surface area contributed by atoms with Crippen molar-refractivity contribution in [1.29, 1.82) is 0 Å². The number of fused-ring (bicyclic) bond motifs is 1. The predicted molar refractivity (Wildman–Crippen MR) is 112 cm³/mol. The molecular formula is C23H30ClN3. The number of rotatable bonds is 4. The monoisotopic (exact) mass is 383 g/mol. The van der Waals surface area contributed by atoms with Crippen molar-refractivity contribution in [2.24, 2.45) is 5.92 Å². The summed E-state index contributed by atoms with van der Waals surface area (Å²) in [6.07, 6.45) is 10.1. The first-order chi connectivity index (χ1) is 13.2. The second kappa shape index (κ2) is 8.70. The van der Waals surface area contributed by atoms with Crippen molar-refractivity contribution < 1.29 is 0 Å². The van der Waals surface area contributed by atoms with Crippen LogP contribution in [0.15, 0.2) is 24.3 Å². The van der Waals surface area contributed by atoms with Crippen LogP contribution in [0.5, 0.6) is 0 Å². The summed E-state index contributed by atoms with van der Waals surface area (Å²) in [4.78, 5) is 12.5. The molecule has 4 heteroatoms. The molecule has 0 saturated heterocycles. The highest BCUT2D eigenvalue weighted by Crippen LogP contribution is 2.29. The molecule has 1 aromatic carbocycles. The molecule has 1 aliphatic carbocycles. The van der Waals surface area contributed by atoms with E-state index in [-0.39, 0.29) is 0 Å². The first-order valence-corrected chi connectivity index (χ1v) is 11.0. The summed E-state index contributed by atoms with van der Waals surface area (Å²) in [5.41, 5.74) is 4.89. The summed E-state index contributed by atoms with van der Waals surface area (Å²) in [6.45, 7) is 5.65. The quantitative estimate of drug-likeness (QED) is 0.713. The maximum absolute atomic E-state index is 6.10. The van der Waals surface area contributed by atoms with Gasteiger partial charge in [-0.2, -0.15) is 0 Å². The molecule has 0 unspecified atom stereocenters. The largest absolute Gasteiger partial charge is 0.302 e. The lowest BCUT2D eigenvalue weighted by Gasteiger charge is -2.28. The molecule has 3 nitrogen and oxygen atoms in total. The van der Waals surface area contributed by atoms with Crippen LogP contribution in [0.1, 0.15) is 56.1 Å². The lowest BCUT2D eigenvalue weighted by Crippen LogP contribution is -2.32. The Kier molecular flexibility index (Phi) is 6.09. The normalized spacial score (nSPS) is 18.9. The molecule has 2 aliphatic rings. The van der Waals surface area contributed by atoms with Gasteiger partial charge in [-0.1, -0.05) is 49.9 Å². The van der Waals surface area contributed by atoms with E-state index in [0.717, 1.165) is 60.4 Å². The van der Waals surface area contributed by atoms with Gasteiger partial charge in [-0.15, -0.1) is 0 Å². The summed E-state index contributed by atoms with van der Waals surface area (Å²) in [5.74, 6) is 1.85. The zero-order valence-corrected chi connectivity index (χ0v) is 17.1. The average Bonchev–Trinajstić information content (AvgIpc) is 2.91. The second-order valence-corrected chi connectivity index (χ2v) is 8.52. The summed E-state index contributed by atoms with van der Waals surface area (Å²) in [7, 11) is 0. The van der Waals surface area contributed by atoms with Crippen molar-refractivity contribution in [3.8, 4) is 11.3 Å². The van der Waals surface area contributed by atoms with Gasteiger partial charge >= 0.3 is 0 Å². The minimum atomic E-state index is 0.772. The van der Waals surface area contributed by atoms with E-state index in [1.54, 1.807) is 0 Å². The topological polar surface area (TPSA) is 29.0 Å². The molecule has 0 spiro atoms. The van der Waals surface area contributed by atoms with Crippen molar-refractivity contribution in [2.75, 3.05) is 19.6 Å². The fourth-order valence-electron chi connectivity index (χ4n) is 4.62. The van der Waals surface area contributed by atoms with E-state index in [9.17, 15) is 0 Å². The van der Waals surface area contributed by atoms with Gasteiger partial charge in [-0.25, -0.2) is 9.97 Å². The summed E-state index contributed by atoms with van der Waals surface area (Å²) < 4.78 is 0. The van der Waals surface area contributed by atoms with E-state index >= 15 is 0 Å². The van der Waals surface area contributed by atoms with Crippen LogP contribution in [-0.4, -0.2) is 34.5 Å². The Morgan fingerprint density at radius 3 is 2.48 bits per heavy atom. The van der Waals surface area contributed by atoms with E-state index in [0.29, 0.717) is 0 Å². The van der Waals surface area contributed by atoms with Gasteiger partial charge in [0.05, 0.1) is 5.69 Å². The lowest BCUT2D eigenvalue weighted by molar-refractivity contribution is 0.207. The molecule has 0 bridgehead atoms. The maximum atomic E-state index is 6.10. The van der Waals surface area contributed by atoms with Crippen molar-refractivity contribution in [1.82, 2.24) is 14.9 Å². The molecule has 1 aliphatic heterocycles. The van der Waals surface area contributed by atoms with Crippen LogP contribution in [0.3, 0.4) is 0 Å². The summed E-state index contributed by atoms with van der Waals surface area (Å²) in [5, 5.41) is 0.772. The molecule has 27 heavy (non-hydrogen) atoms. The van der Waals surface area contributed by atoms with E-state index in [1.807, 2.05) is 12.1 Å². The highest BCUT2D eigenvalue weighted by molar-refractivity contribution is 6.30. The Labute approximate surface area is 168 Å².